The van der Waals surface area contributed by atoms with Crippen molar-refractivity contribution in [2.75, 3.05) is 6.54 Å². The van der Waals surface area contributed by atoms with Gasteiger partial charge in [0.2, 0.25) is 11.8 Å². The van der Waals surface area contributed by atoms with Crippen molar-refractivity contribution in [3.05, 3.63) is 64.1 Å². The smallest absolute Gasteiger partial charge is 0.246 e. The second-order valence-electron chi connectivity index (χ2n) is 7.79. The Morgan fingerprint density at radius 2 is 1.97 bits per heavy atom. The van der Waals surface area contributed by atoms with E-state index in [0.717, 1.165) is 20.8 Å². The number of aromatic nitrogens is 1. The minimum absolute atomic E-state index is 0.0150. The zero-order valence-corrected chi connectivity index (χ0v) is 17.7. The van der Waals surface area contributed by atoms with Crippen LogP contribution in [0.5, 0.6) is 0 Å². The van der Waals surface area contributed by atoms with E-state index in [1.165, 1.54) is 0 Å². The number of hydrogen-bond donors (Lipinski definition) is 2. The van der Waals surface area contributed by atoms with E-state index in [9.17, 15) is 9.59 Å². The van der Waals surface area contributed by atoms with Gasteiger partial charge >= 0.3 is 0 Å². The molecular formula is C22H21ClN4O2S. The lowest BCUT2D eigenvalue weighted by atomic mass is 10.0. The maximum absolute atomic E-state index is 13.0. The Morgan fingerprint density at radius 1 is 1.17 bits per heavy atom. The van der Waals surface area contributed by atoms with Gasteiger partial charge in [0.05, 0.1) is 10.2 Å². The molecule has 0 radical (unpaired) electrons. The van der Waals surface area contributed by atoms with Crippen molar-refractivity contribution < 1.29 is 9.59 Å². The normalized spacial score (nSPS) is 23.6. The van der Waals surface area contributed by atoms with Gasteiger partial charge in [-0.15, -0.1) is 11.3 Å². The lowest BCUT2D eigenvalue weighted by molar-refractivity contribution is -0.147. The summed E-state index contributed by atoms with van der Waals surface area (Å²) >= 11 is 7.60. The van der Waals surface area contributed by atoms with E-state index in [4.69, 9.17) is 11.6 Å². The molecule has 5 rings (SSSR count). The fraction of sp³-hybridized carbons (Fsp3) is 0.318. The third kappa shape index (κ3) is 3.80. The van der Waals surface area contributed by atoms with E-state index < -0.39 is 12.1 Å². The fourth-order valence-corrected chi connectivity index (χ4v) is 5.27. The number of para-hydroxylation sites is 1. The fourth-order valence-electron chi connectivity index (χ4n) is 4.23. The molecule has 2 aliphatic heterocycles. The van der Waals surface area contributed by atoms with Crippen LogP contribution in [-0.2, 0) is 22.6 Å². The van der Waals surface area contributed by atoms with E-state index >= 15 is 0 Å². The first-order valence-electron chi connectivity index (χ1n) is 10.00. The van der Waals surface area contributed by atoms with Crippen LogP contribution in [0.25, 0.3) is 10.2 Å². The number of carbonyl (C=O) groups is 2. The van der Waals surface area contributed by atoms with Gasteiger partial charge < -0.3 is 15.5 Å². The SMILES string of the molecule is O=C1N[C@@H](Cc2ccc(Cl)cc2)C(=O)N2C[C@@H](NCc3nc4ccccc4s3)C[C@@H]12. The first-order chi connectivity index (χ1) is 14.6. The number of halogens is 1. The van der Waals surface area contributed by atoms with Crippen LogP contribution in [0, 0.1) is 0 Å². The molecule has 3 aromatic rings. The molecule has 0 aliphatic carbocycles. The summed E-state index contributed by atoms with van der Waals surface area (Å²) in [7, 11) is 0. The Bertz CT molecular complexity index is 1070. The van der Waals surface area contributed by atoms with E-state index in [1.807, 2.05) is 30.3 Å². The van der Waals surface area contributed by atoms with Crippen molar-refractivity contribution in [3.8, 4) is 0 Å². The predicted octanol–water partition coefficient (Wildman–Crippen LogP) is 2.75. The molecule has 2 amide bonds. The van der Waals surface area contributed by atoms with Crippen molar-refractivity contribution in [2.45, 2.75) is 37.5 Å². The number of amides is 2. The van der Waals surface area contributed by atoms with Crippen LogP contribution in [0.1, 0.15) is 17.0 Å². The highest BCUT2D eigenvalue weighted by Crippen LogP contribution is 2.26. The number of thiazole rings is 1. The van der Waals surface area contributed by atoms with E-state index in [0.29, 0.717) is 31.0 Å². The highest BCUT2D eigenvalue weighted by atomic mass is 35.5. The van der Waals surface area contributed by atoms with Crippen LogP contribution < -0.4 is 10.6 Å². The molecule has 2 aromatic carbocycles. The maximum Gasteiger partial charge on any atom is 0.246 e. The van der Waals surface area contributed by atoms with Crippen LogP contribution >= 0.6 is 22.9 Å². The summed E-state index contributed by atoms with van der Waals surface area (Å²) in [4.78, 5) is 32.0. The van der Waals surface area contributed by atoms with Gasteiger partial charge in [0.25, 0.3) is 0 Å². The molecule has 2 fully saturated rings. The van der Waals surface area contributed by atoms with Gasteiger partial charge in [0, 0.05) is 30.6 Å². The summed E-state index contributed by atoms with van der Waals surface area (Å²) in [5.41, 5.74) is 1.98. The summed E-state index contributed by atoms with van der Waals surface area (Å²) in [5, 5.41) is 8.06. The molecule has 30 heavy (non-hydrogen) atoms. The molecule has 3 heterocycles. The Hall–Kier alpha value is -2.48. The molecule has 0 unspecified atom stereocenters. The van der Waals surface area contributed by atoms with Gasteiger partial charge in [-0.25, -0.2) is 4.98 Å². The monoisotopic (exact) mass is 440 g/mol. The Labute approximate surface area is 183 Å². The molecule has 1 aromatic heterocycles. The second-order valence-corrected chi connectivity index (χ2v) is 9.34. The number of nitrogens with zero attached hydrogens (tertiary/aromatic N) is 2. The lowest BCUT2D eigenvalue weighted by Crippen LogP contribution is -2.61. The quantitative estimate of drug-likeness (QED) is 0.639. The predicted molar refractivity (Wildman–Crippen MR) is 117 cm³/mol. The van der Waals surface area contributed by atoms with Gasteiger partial charge in [-0.1, -0.05) is 35.9 Å². The molecule has 0 bridgehead atoms. The molecule has 0 spiro atoms. The highest BCUT2D eigenvalue weighted by Gasteiger charge is 2.46. The molecule has 2 saturated heterocycles. The molecule has 2 aliphatic rings. The number of nitrogens with one attached hydrogen (secondary N) is 2. The van der Waals surface area contributed by atoms with E-state index in [1.54, 1.807) is 28.4 Å². The number of rotatable bonds is 5. The van der Waals surface area contributed by atoms with E-state index in [2.05, 4.69) is 21.7 Å². The van der Waals surface area contributed by atoms with Crippen molar-refractivity contribution in [3.63, 3.8) is 0 Å². The van der Waals surface area contributed by atoms with Crippen LogP contribution in [0.2, 0.25) is 5.02 Å². The van der Waals surface area contributed by atoms with Crippen LogP contribution in [0.4, 0.5) is 0 Å². The molecule has 2 N–H and O–H groups in total. The van der Waals surface area contributed by atoms with Gasteiger partial charge in [0.1, 0.15) is 17.1 Å². The van der Waals surface area contributed by atoms with Gasteiger partial charge in [0.15, 0.2) is 0 Å². The summed E-state index contributed by atoms with van der Waals surface area (Å²) in [5.74, 6) is -0.0864. The summed E-state index contributed by atoms with van der Waals surface area (Å²) in [6.45, 7) is 1.17. The summed E-state index contributed by atoms with van der Waals surface area (Å²) in [6, 6.07) is 14.6. The molecule has 8 heteroatoms. The first kappa shape index (κ1) is 19.5. The molecular weight excluding hydrogens is 420 g/mol. The average molecular weight is 441 g/mol. The van der Waals surface area contributed by atoms with Crippen LogP contribution in [0.3, 0.4) is 0 Å². The van der Waals surface area contributed by atoms with Gasteiger partial charge in [-0.05, 0) is 36.2 Å². The summed E-state index contributed by atoms with van der Waals surface area (Å²) in [6.07, 6.45) is 1.09. The Kier molecular flexibility index (Phi) is 5.18. The number of fused-ring (bicyclic) bond motifs is 2. The third-order valence-corrected chi connectivity index (χ3v) is 7.02. The topological polar surface area (TPSA) is 74.3 Å². The Balaban J connectivity index is 1.23. The molecule has 3 atom stereocenters. The zero-order chi connectivity index (χ0) is 20.7. The number of benzene rings is 2. The Morgan fingerprint density at radius 3 is 2.77 bits per heavy atom. The standard InChI is InChI=1S/C22H21ClN4O2S/c23-14-7-5-13(6-8-14)9-17-22(29)27-12-15(10-18(27)21(28)26-17)24-11-20-25-16-3-1-2-4-19(16)30-20/h1-8,15,17-18,24H,9-12H2,(H,26,28)/t15-,17-,18-/m0/s1. The van der Waals surface area contributed by atoms with Crippen molar-refractivity contribution in [1.29, 1.82) is 0 Å². The molecule has 154 valence electrons. The second kappa shape index (κ2) is 7.98. The summed E-state index contributed by atoms with van der Waals surface area (Å²) < 4.78 is 1.16. The van der Waals surface area contributed by atoms with Crippen LogP contribution in [-0.4, -0.2) is 46.4 Å². The average Bonchev–Trinajstić information content (AvgIpc) is 3.36. The minimum Gasteiger partial charge on any atom is -0.342 e. The molecule has 0 saturated carbocycles. The van der Waals surface area contributed by atoms with Crippen molar-refractivity contribution >= 4 is 45.0 Å². The first-order valence-corrected chi connectivity index (χ1v) is 11.2. The van der Waals surface area contributed by atoms with Crippen LogP contribution in [0.15, 0.2) is 48.5 Å². The number of piperazine rings is 1. The lowest BCUT2D eigenvalue weighted by Gasteiger charge is -2.34. The number of carbonyl (C=O) groups excluding carboxylic acids is 2. The maximum atomic E-state index is 13.0. The highest BCUT2D eigenvalue weighted by molar-refractivity contribution is 7.18. The van der Waals surface area contributed by atoms with Crippen molar-refractivity contribution in [1.82, 2.24) is 20.5 Å². The number of hydrogen-bond acceptors (Lipinski definition) is 5. The molecule has 6 nitrogen and oxygen atoms in total. The minimum atomic E-state index is -0.530. The third-order valence-electron chi connectivity index (χ3n) is 5.73. The zero-order valence-electron chi connectivity index (χ0n) is 16.2. The largest absolute Gasteiger partial charge is 0.342 e. The van der Waals surface area contributed by atoms with Crippen molar-refractivity contribution in [2.24, 2.45) is 0 Å². The van der Waals surface area contributed by atoms with Gasteiger partial charge in [-0.2, -0.15) is 0 Å². The van der Waals surface area contributed by atoms with Gasteiger partial charge in [-0.3, -0.25) is 9.59 Å². The van der Waals surface area contributed by atoms with E-state index in [-0.39, 0.29) is 17.9 Å².